The molecular weight excluding hydrogens is 174 g/mol. The largest absolute Gasteiger partial charge is 0.374 e. The molecule has 0 saturated carbocycles. The number of ether oxygens (including phenoxy) is 1. The molecule has 2 unspecified atom stereocenters. The molecule has 2 rings (SSSR count). The van der Waals surface area contributed by atoms with Crippen molar-refractivity contribution in [3.63, 3.8) is 0 Å². The number of nitrogens with zero attached hydrogens (tertiary/aromatic N) is 1. The number of hydrogen-bond donors (Lipinski definition) is 0. The first kappa shape index (κ1) is 12.0. The van der Waals surface area contributed by atoms with E-state index in [4.69, 9.17) is 4.74 Å². The van der Waals surface area contributed by atoms with Crippen LogP contribution in [0.15, 0.2) is 0 Å². The van der Waals surface area contributed by atoms with Gasteiger partial charge in [0.05, 0.1) is 5.60 Å². The fraction of sp³-hybridized carbons (Fsp3) is 1.00. The van der Waals surface area contributed by atoms with Gasteiger partial charge in [-0.2, -0.15) is 0 Å². The highest BCUT2D eigenvalue weighted by Crippen LogP contribution is 2.36. The van der Waals surface area contributed by atoms with E-state index in [1.807, 2.05) is 13.8 Å². The molecular formula is C12H25NO. The standard InChI is InChI=1S/C10H19NO.C2H6/c1-9-7-10(8-11(9)2)5-3-4-6-12-10;1-2/h9H,3-8H2,1-2H3;1-2H3. The Morgan fingerprint density at radius 1 is 1.29 bits per heavy atom. The zero-order valence-corrected chi connectivity index (χ0v) is 10.2. The SMILES string of the molecule is CC.CC1CC2(CCCCO2)CN1C. The van der Waals surface area contributed by atoms with E-state index < -0.39 is 0 Å². The molecule has 14 heavy (non-hydrogen) atoms. The van der Waals surface area contributed by atoms with Crippen LogP contribution >= 0.6 is 0 Å². The van der Waals surface area contributed by atoms with Crippen molar-refractivity contribution in [3.8, 4) is 0 Å². The number of likely N-dealkylation sites (tertiary alicyclic amines) is 1. The Bertz CT molecular complexity index is 152. The maximum atomic E-state index is 5.93. The minimum absolute atomic E-state index is 0.242. The summed E-state index contributed by atoms with van der Waals surface area (Å²) in [6, 6.07) is 0.711. The summed E-state index contributed by atoms with van der Waals surface area (Å²) in [5.74, 6) is 0. The van der Waals surface area contributed by atoms with Gasteiger partial charge in [0.2, 0.25) is 0 Å². The Labute approximate surface area is 88.6 Å². The number of likely N-dealkylation sites (N-methyl/N-ethyl adjacent to an activating group) is 1. The Balaban J connectivity index is 0.000000461. The van der Waals surface area contributed by atoms with Crippen LogP contribution in [0.3, 0.4) is 0 Å². The second-order valence-electron chi connectivity index (χ2n) is 4.46. The van der Waals surface area contributed by atoms with Crippen molar-refractivity contribution in [1.82, 2.24) is 4.90 Å². The highest BCUT2D eigenvalue weighted by atomic mass is 16.5. The van der Waals surface area contributed by atoms with Gasteiger partial charge in [0.25, 0.3) is 0 Å². The normalized spacial score (nSPS) is 38.1. The molecule has 0 amide bonds. The second kappa shape index (κ2) is 5.13. The van der Waals surface area contributed by atoms with Gasteiger partial charge in [-0.25, -0.2) is 0 Å². The lowest BCUT2D eigenvalue weighted by molar-refractivity contribution is -0.0688. The Kier molecular flexibility index (Phi) is 4.39. The first-order valence-electron chi connectivity index (χ1n) is 6.06. The van der Waals surface area contributed by atoms with Gasteiger partial charge >= 0.3 is 0 Å². The summed E-state index contributed by atoms with van der Waals surface area (Å²) < 4.78 is 5.93. The first-order valence-corrected chi connectivity index (χ1v) is 6.06. The van der Waals surface area contributed by atoms with Crippen LogP contribution in [0.25, 0.3) is 0 Å². The van der Waals surface area contributed by atoms with Gasteiger partial charge < -0.3 is 9.64 Å². The van der Waals surface area contributed by atoms with Gasteiger partial charge in [-0.3, -0.25) is 0 Å². The fourth-order valence-corrected chi connectivity index (χ4v) is 2.56. The minimum Gasteiger partial charge on any atom is -0.374 e. The molecule has 2 heteroatoms. The quantitative estimate of drug-likeness (QED) is 0.595. The van der Waals surface area contributed by atoms with Crippen molar-refractivity contribution in [2.75, 3.05) is 20.2 Å². The van der Waals surface area contributed by atoms with Crippen molar-refractivity contribution in [3.05, 3.63) is 0 Å². The molecule has 2 atom stereocenters. The van der Waals surface area contributed by atoms with Crippen LogP contribution < -0.4 is 0 Å². The Morgan fingerprint density at radius 2 is 2.00 bits per heavy atom. The lowest BCUT2D eigenvalue weighted by Gasteiger charge is -2.33. The summed E-state index contributed by atoms with van der Waals surface area (Å²) in [5, 5.41) is 0. The van der Waals surface area contributed by atoms with Gasteiger partial charge in [0.1, 0.15) is 0 Å². The zero-order chi connectivity index (χ0) is 10.6. The second-order valence-corrected chi connectivity index (χ2v) is 4.46. The highest BCUT2D eigenvalue weighted by molar-refractivity contribution is 4.96. The smallest absolute Gasteiger partial charge is 0.0823 e. The van der Waals surface area contributed by atoms with E-state index in [2.05, 4.69) is 18.9 Å². The van der Waals surface area contributed by atoms with E-state index in [-0.39, 0.29) is 5.60 Å². The van der Waals surface area contributed by atoms with Gasteiger partial charge in [-0.15, -0.1) is 0 Å². The van der Waals surface area contributed by atoms with Crippen LogP contribution in [-0.4, -0.2) is 36.7 Å². The van der Waals surface area contributed by atoms with E-state index in [9.17, 15) is 0 Å². The average Bonchev–Trinajstić information content (AvgIpc) is 2.46. The van der Waals surface area contributed by atoms with E-state index in [0.717, 1.165) is 13.2 Å². The van der Waals surface area contributed by atoms with Gasteiger partial charge in [-0.1, -0.05) is 13.8 Å². The third-order valence-corrected chi connectivity index (χ3v) is 3.39. The van der Waals surface area contributed by atoms with Gasteiger partial charge in [-0.05, 0) is 39.7 Å². The molecule has 0 aliphatic carbocycles. The number of hydrogen-bond acceptors (Lipinski definition) is 2. The van der Waals surface area contributed by atoms with Crippen molar-refractivity contribution in [2.24, 2.45) is 0 Å². The minimum atomic E-state index is 0.242. The van der Waals surface area contributed by atoms with E-state index >= 15 is 0 Å². The van der Waals surface area contributed by atoms with E-state index in [1.165, 1.54) is 25.7 Å². The maximum Gasteiger partial charge on any atom is 0.0823 e. The lowest BCUT2D eigenvalue weighted by Crippen LogP contribution is -2.38. The van der Waals surface area contributed by atoms with Crippen LogP contribution in [0.5, 0.6) is 0 Å². The molecule has 0 aromatic rings. The predicted molar refractivity (Wildman–Crippen MR) is 60.6 cm³/mol. The third-order valence-electron chi connectivity index (χ3n) is 3.39. The lowest BCUT2D eigenvalue weighted by atomic mass is 9.91. The summed E-state index contributed by atoms with van der Waals surface area (Å²) >= 11 is 0. The molecule has 2 fully saturated rings. The van der Waals surface area contributed by atoms with Crippen LogP contribution in [0.2, 0.25) is 0 Å². The van der Waals surface area contributed by atoms with Crippen molar-refractivity contribution in [1.29, 1.82) is 0 Å². The number of rotatable bonds is 0. The summed E-state index contributed by atoms with van der Waals surface area (Å²) in [6.07, 6.45) is 5.14. The predicted octanol–water partition coefficient (Wildman–Crippen LogP) is 2.68. The van der Waals surface area contributed by atoms with Crippen LogP contribution in [0.1, 0.15) is 46.5 Å². The maximum absolute atomic E-state index is 5.93. The van der Waals surface area contributed by atoms with Gasteiger partial charge in [0.15, 0.2) is 0 Å². The molecule has 2 nitrogen and oxygen atoms in total. The summed E-state index contributed by atoms with van der Waals surface area (Å²) in [4.78, 5) is 2.42. The molecule has 2 heterocycles. The third kappa shape index (κ3) is 2.48. The molecule has 2 saturated heterocycles. The highest BCUT2D eigenvalue weighted by Gasteiger charge is 2.42. The van der Waals surface area contributed by atoms with Crippen molar-refractivity contribution >= 4 is 0 Å². The zero-order valence-electron chi connectivity index (χ0n) is 10.2. The first-order chi connectivity index (χ1) is 6.72. The van der Waals surface area contributed by atoms with Crippen LogP contribution in [0.4, 0.5) is 0 Å². The Hall–Kier alpha value is -0.0800. The molecule has 0 aromatic heterocycles. The molecule has 0 bridgehead atoms. The van der Waals surface area contributed by atoms with Crippen molar-refractivity contribution < 1.29 is 4.74 Å². The van der Waals surface area contributed by atoms with Gasteiger partial charge in [0, 0.05) is 19.2 Å². The van der Waals surface area contributed by atoms with E-state index in [0.29, 0.717) is 6.04 Å². The van der Waals surface area contributed by atoms with Crippen LogP contribution in [-0.2, 0) is 4.74 Å². The molecule has 2 aliphatic rings. The fourth-order valence-electron chi connectivity index (χ4n) is 2.56. The monoisotopic (exact) mass is 199 g/mol. The Morgan fingerprint density at radius 3 is 2.43 bits per heavy atom. The molecule has 0 aromatic carbocycles. The summed E-state index contributed by atoms with van der Waals surface area (Å²) in [5.41, 5.74) is 0.242. The molecule has 0 N–H and O–H groups in total. The summed E-state index contributed by atoms with van der Waals surface area (Å²) in [6.45, 7) is 8.43. The van der Waals surface area contributed by atoms with Crippen LogP contribution in [0, 0.1) is 0 Å². The summed E-state index contributed by atoms with van der Waals surface area (Å²) in [7, 11) is 2.21. The topological polar surface area (TPSA) is 12.5 Å². The average molecular weight is 199 g/mol. The van der Waals surface area contributed by atoms with Crippen molar-refractivity contribution in [2.45, 2.75) is 58.1 Å². The molecule has 0 radical (unpaired) electrons. The molecule has 84 valence electrons. The molecule has 1 spiro atoms. The van der Waals surface area contributed by atoms with E-state index in [1.54, 1.807) is 0 Å². The molecule has 2 aliphatic heterocycles.